The van der Waals surface area contributed by atoms with Crippen molar-refractivity contribution in [3.05, 3.63) is 33.7 Å². The molecule has 1 aromatic heterocycles. The zero-order valence-electron chi connectivity index (χ0n) is 12.1. The highest BCUT2D eigenvalue weighted by Crippen LogP contribution is 2.14. The Morgan fingerprint density at radius 1 is 1.60 bits per heavy atom. The van der Waals surface area contributed by atoms with E-state index < -0.39 is 0 Å². The highest BCUT2D eigenvalue weighted by atomic mass is 35.5. The molecule has 1 aromatic rings. The molecule has 112 valence electrons. The zero-order valence-corrected chi connectivity index (χ0v) is 12.9. The van der Waals surface area contributed by atoms with Gasteiger partial charge in [-0.15, -0.1) is 0 Å². The predicted octanol–water partition coefficient (Wildman–Crippen LogP) is 2.70. The smallest absolute Gasteiger partial charge is 0.287 e. The summed E-state index contributed by atoms with van der Waals surface area (Å²) in [5.41, 5.74) is 1.26. The molecule has 5 nitrogen and oxygen atoms in total. The molecule has 0 atom stereocenters. The van der Waals surface area contributed by atoms with Crippen molar-refractivity contribution in [3.8, 4) is 0 Å². The van der Waals surface area contributed by atoms with Crippen molar-refractivity contribution < 1.29 is 4.74 Å². The number of halogens is 1. The first-order valence-electron chi connectivity index (χ1n) is 6.77. The quantitative estimate of drug-likeness (QED) is 0.563. The van der Waals surface area contributed by atoms with Crippen LogP contribution in [0.4, 0.5) is 5.69 Å². The molecule has 0 aromatic carbocycles. The van der Waals surface area contributed by atoms with Crippen LogP contribution in [0.15, 0.2) is 23.1 Å². The second-order valence-corrected chi connectivity index (χ2v) is 5.07. The molecule has 1 rings (SSSR count). The maximum absolute atomic E-state index is 12.0. The third-order valence-electron chi connectivity index (χ3n) is 2.62. The van der Waals surface area contributed by atoms with Gasteiger partial charge in [-0.25, -0.2) is 4.68 Å². The van der Waals surface area contributed by atoms with E-state index in [1.165, 1.54) is 4.68 Å². The Morgan fingerprint density at radius 3 is 3.00 bits per heavy atom. The van der Waals surface area contributed by atoms with Crippen molar-refractivity contribution in [2.24, 2.45) is 0 Å². The number of anilines is 1. The Morgan fingerprint density at radius 2 is 2.35 bits per heavy atom. The molecule has 0 aliphatic carbocycles. The topological polar surface area (TPSA) is 56.1 Å². The number of ether oxygens (including phenoxy) is 1. The number of hydrogen-bond acceptors (Lipinski definition) is 4. The average Bonchev–Trinajstić information content (AvgIpc) is 2.41. The third-order valence-corrected chi connectivity index (χ3v) is 2.98. The van der Waals surface area contributed by atoms with E-state index in [1.54, 1.807) is 6.20 Å². The molecule has 6 heteroatoms. The van der Waals surface area contributed by atoms with Crippen LogP contribution < -0.4 is 10.9 Å². The summed E-state index contributed by atoms with van der Waals surface area (Å²) in [5.74, 6) is 0. The summed E-state index contributed by atoms with van der Waals surface area (Å²) < 4.78 is 6.75. The standard InChI is InChI=1S/C14H22ClN3O2/c1-4-5-7-18-14(19)13(15)12(9-17-18)16-6-8-20-10-11(2)3/h9,16H,2,4-8,10H2,1,3H3. The number of aromatic nitrogens is 2. The van der Waals surface area contributed by atoms with E-state index in [1.807, 2.05) is 6.92 Å². The molecule has 0 saturated carbocycles. The van der Waals surface area contributed by atoms with E-state index in [0.717, 1.165) is 18.4 Å². The first-order valence-corrected chi connectivity index (χ1v) is 7.15. The summed E-state index contributed by atoms with van der Waals surface area (Å²) in [6, 6.07) is 0. The van der Waals surface area contributed by atoms with Crippen molar-refractivity contribution >= 4 is 17.3 Å². The maximum atomic E-state index is 12.0. The fourth-order valence-electron chi connectivity index (χ4n) is 1.56. The van der Waals surface area contributed by atoms with Gasteiger partial charge in [0.25, 0.3) is 5.56 Å². The van der Waals surface area contributed by atoms with Crippen LogP contribution in [0.1, 0.15) is 26.7 Å². The van der Waals surface area contributed by atoms with Crippen molar-refractivity contribution in [3.63, 3.8) is 0 Å². The predicted molar refractivity (Wildman–Crippen MR) is 82.5 cm³/mol. The molecule has 1 N–H and O–H groups in total. The van der Waals surface area contributed by atoms with Crippen molar-refractivity contribution in [2.45, 2.75) is 33.2 Å². The van der Waals surface area contributed by atoms with E-state index in [-0.39, 0.29) is 10.6 Å². The first kappa shape index (κ1) is 16.7. The number of nitrogens with zero attached hydrogens (tertiary/aromatic N) is 2. The molecule has 0 amide bonds. The average molecular weight is 300 g/mol. The Bertz CT molecular complexity index is 500. The van der Waals surface area contributed by atoms with Crippen LogP contribution in [0, 0.1) is 0 Å². The Hall–Kier alpha value is -1.33. The molecule has 0 spiro atoms. The van der Waals surface area contributed by atoms with E-state index in [4.69, 9.17) is 16.3 Å². The molecular weight excluding hydrogens is 278 g/mol. The maximum Gasteiger partial charge on any atom is 0.287 e. The van der Waals surface area contributed by atoms with Crippen LogP contribution in [-0.2, 0) is 11.3 Å². The molecule has 0 aliphatic heterocycles. The molecule has 0 unspecified atom stereocenters. The van der Waals surface area contributed by atoms with Gasteiger partial charge in [-0.2, -0.15) is 5.10 Å². The molecule has 0 radical (unpaired) electrons. The molecule has 20 heavy (non-hydrogen) atoms. The first-order chi connectivity index (χ1) is 9.56. The van der Waals surface area contributed by atoms with Crippen LogP contribution in [0.2, 0.25) is 5.02 Å². The SMILES string of the molecule is C=C(C)COCCNc1cnn(CCCC)c(=O)c1Cl. The van der Waals surface area contributed by atoms with E-state index >= 15 is 0 Å². The number of unbranched alkanes of at least 4 members (excludes halogenated alkanes) is 1. The monoisotopic (exact) mass is 299 g/mol. The van der Waals surface area contributed by atoms with Gasteiger partial charge < -0.3 is 10.1 Å². The molecule has 0 bridgehead atoms. The summed E-state index contributed by atoms with van der Waals surface area (Å²) in [4.78, 5) is 12.0. The minimum atomic E-state index is -0.257. The van der Waals surface area contributed by atoms with Crippen molar-refractivity contribution in [1.29, 1.82) is 0 Å². The lowest BCUT2D eigenvalue weighted by molar-refractivity contribution is 0.167. The lowest BCUT2D eigenvalue weighted by atomic mass is 10.3. The van der Waals surface area contributed by atoms with E-state index in [0.29, 0.717) is 32.0 Å². The van der Waals surface area contributed by atoms with E-state index in [9.17, 15) is 4.79 Å². The minimum Gasteiger partial charge on any atom is -0.380 e. The van der Waals surface area contributed by atoms with Gasteiger partial charge in [0.2, 0.25) is 0 Å². The Kier molecular flexibility index (Phi) is 7.33. The minimum absolute atomic E-state index is 0.177. The fourth-order valence-corrected chi connectivity index (χ4v) is 1.77. The van der Waals surface area contributed by atoms with Gasteiger partial charge in [-0.05, 0) is 13.3 Å². The summed E-state index contributed by atoms with van der Waals surface area (Å²) >= 11 is 6.05. The summed E-state index contributed by atoms with van der Waals surface area (Å²) in [6.45, 7) is 9.93. The van der Waals surface area contributed by atoms with Gasteiger partial charge in [0.05, 0.1) is 25.1 Å². The highest BCUT2D eigenvalue weighted by Gasteiger charge is 2.08. The third kappa shape index (κ3) is 5.35. The summed E-state index contributed by atoms with van der Waals surface area (Å²) in [5, 5.41) is 7.33. The van der Waals surface area contributed by atoms with Crippen molar-refractivity contribution in [2.75, 3.05) is 25.1 Å². The highest BCUT2D eigenvalue weighted by molar-refractivity contribution is 6.32. The van der Waals surface area contributed by atoms with Crippen LogP contribution in [0.3, 0.4) is 0 Å². The van der Waals surface area contributed by atoms with Crippen LogP contribution in [0.5, 0.6) is 0 Å². The van der Waals surface area contributed by atoms with Gasteiger partial charge in [-0.1, -0.05) is 37.1 Å². The second kappa shape index (κ2) is 8.76. The van der Waals surface area contributed by atoms with Crippen LogP contribution in [-0.4, -0.2) is 29.5 Å². The molecule has 0 saturated heterocycles. The van der Waals surface area contributed by atoms with Gasteiger partial charge in [0.15, 0.2) is 0 Å². The number of nitrogens with one attached hydrogen (secondary N) is 1. The fraction of sp³-hybridized carbons (Fsp3) is 0.571. The number of rotatable bonds is 9. The molecular formula is C14H22ClN3O2. The lowest BCUT2D eigenvalue weighted by Gasteiger charge is -2.10. The molecule has 0 fully saturated rings. The van der Waals surface area contributed by atoms with Gasteiger partial charge >= 0.3 is 0 Å². The largest absolute Gasteiger partial charge is 0.380 e. The van der Waals surface area contributed by atoms with Crippen molar-refractivity contribution in [1.82, 2.24) is 9.78 Å². The lowest BCUT2D eigenvalue weighted by Crippen LogP contribution is -2.24. The zero-order chi connectivity index (χ0) is 15.0. The van der Waals surface area contributed by atoms with Crippen LogP contribution >= 0.6 is 11.6 Å². The normalized spacial score (nSPS) is 10.6. The Balaban J connectivity index is 2.53. The van der Waals surface area contributed by atoms with Gasteiger partial charge in [-0.3, -0.25) is 4.79 Å². The van der Waals surface area contributed by atoms with Gasteiger partial charge in [0.1, 0.15) is 5.02 Å². The number of hydrogen-bond donors (Lipinski definition) is 1. The van der Waals surface area contributed by atoms with E-state index in [2.05, 4.69) is 23.9 Å². The van der Waals surface area contributed by atoms with Crippen LogP contribution in [0.25, 0.3) is 0 Å². The summed E-state index contributed by atoms with van der Waals surface area (Å²) in [7, 11) is 0. The van der Waals surface area contributed by atoms with Gasteiger partial charge in [0, 0.05) is 13.1 Å². The number of aryl methyl sites for hydroxylation is 1. The molecule has 1 heterocycles. The molecule has 0 aliphatic rings. The Labute approximate surface area is 124 Å². The second-order valence-electron chi connectivity index (χ2n) is 4.69. The summed E-state index contributed by atoms with van der Waals surface area (Å²) in [6.07, 6.45) is 3.49.